The van der Waals surface area contributed by atoms with Gasteiger partial charge in [-0.05, 0) is 49.6 Å². The van der Waals surface area contributed by atoms with Crippen molar-refractivity contribution in [3.63, 3.8) is 0 Å². The molecule has 1 N–H and O–H groups in total. The number of amides is 1. The Labute approximate surface area is 203 Å². The van der Waals surface area contributed by atoms with Crippen molar-refractivity contribution in [3.05, 3.63) is 54.1 Å². The van der Waals surface area contributed by atoms with E-state index in [1.54, 1.807) is 18.2 Å². The summed E-state index contributed by atoms with van der Waals surface area (Å²) in [5.74, 6) is 0.575. The van der Waals surface area contributed by atoms with Gasteiger partial charge in [-0.1, -0.05) is 44.4 Å². The van der Waals surface area contributed by atoms with Crippen LogP contribution in [0.1, 0.15) is 62.2 Å². The third-order valence-electron chi connectivity index (χ3n) is 6.97. The van der Waals surface area contributed by atoms with Crippen molar-refractivity contribution in [2.24, 2.45) is 0 Å². The van der Waals surface area contributed by atoms with Gasteiger partial charge in [-0.2, -0.15) is 0 Å². The number of rotatable bonds is 11. The maximum Gasteiger partial charge on any atom is 0.262 e. The number of Topliss-reactive ketones (excluding diaryl/α,β-unsaturated/α-hetero) is 1. The number of nitrogens with zero attached hydrogens (tertiary/aromatic N) is 2. The molecule has 0 radical (unpaired) electrons. The van der Waals surface area contributed by atoms with Gasteiger partial charge in [-0.3, -0.25) is 14.5 Å². The standard InChI is InChI=1S/C28H37N3O3/c1-2-3-9-23(30-16-18-31(19-17-30)24-10-5-4-6-11-24)12-7-8-13-26(32)22-14-15-27-25(20-22)29-28(33)21-34-27/h4-6,10-11,14-15,20,23H,2-3,7-9,12-13,16-19,21H2,1H3,(H,29,33). The van der Waals surface area contributed by atoms with Crippen LogP contribution in [0.25, 0.3) is 0 Å². The molecule has 0 aromatic heterocycles. The monoisotopic (exact) mass is 463 g/mol. The second-order valence-corrected chi connectivity index (χ2v) is 9.37. The van der Waals surface area contributed by atoms with Gasteiger partial charge in [0.15, 0.2) is 12.4 Å². The van der Waals surface area contributed by atoms with E-state index in [1.807, 2.05) is 0 Å². The Balaban J connectivity index is 1.24. The minimum Gasteiger partial charge on any atom is -0.482 e. The summed E-state index contributed by atoms with van der Waals surface area (Å²) in [4.78, 5) is 29.4. The molecule has 182 valence electrons. The zero-order valence-corrected chi connectivity index (χ0v) is 20.3. The van der Waals surface area contributed by atoms with E-state index in [4.69, 9.17) is 4.74 Å². The molecule has 0 spiro atoms. The third kappa shape index (κ3) is 6.38. The third-order valence-corrected chi connectivity index (χ3v) is 6.97. The van der Waals surface area contributed by atoms with Crippen LogP contribution < -0.4 is 15.0 Å². The normalized spacial score (nSPS) is 17.0. The highest BCUT2D eigenvalue weighted by molar-refractivity contribution is 6.00. The highest BCUT2D eigenvalue weighted by atomic mass is 16.5. The van der Waals surface area contributed by atoms with Crippen LogP contribution in [0.4, 0.5) is 11.4 Å². The molecule has 0 saturated carbocycles. The van der Waals surface area contributed by atoms with Gasteiger partial charge in [0, 0.05) is 49.9 Å². The van der Waals surface area contributed by atoms with Gasteiger partial charge in [0.05, 0.1) is 5.69 Å². The highest BCUT2D eigenvalue weighted by Gasteiger charge is 2.24. The van der Waals surface area contributed by atoms with Gasteiger partial charge in [0.2, 0.25) is 0 Å². The van der Waals surface area contributed by atoms with E-state index in [0.29, 0.717) is 29.5 Å². The smallest absolute Gasteiger partial charge is 0.262 e. The van der Waals surface area contributed by atoms with E-state index in [0.717, 1.165) is 45.4 Å². The molecule has 2 aliphatic rings. The summed E-state index contributed by atoms with van der Waals surface area (Å²) in [5, 5.41) is 2.78. The Bertz CT molecular complexity index is 955. The number of piperazine rings is 1. The van der Waals surface area contributed by atoms with Crippen molar-refractivity contribution < 1.29 is 14.3 Å². The summed E-state index contributed by atoms with van der Waals surface area (Å²) in [6, 6.07) is 16.6. The lowest BCUT2D eigenvalue weighted by atomic mass is 9.98. The Morgan fingerprint density at radius 3 is 2.53 bits per heavy atom. The van der Waals surface area contributed by atoms with E-state index in [-0.39, 0.29) is 18.3 Å². The molecule has 4 rings (SSSR count). The molecule has 1 atom stereocenters. The molecule has 1 fully saturated rings. The number of hydrogen-bond acceptors (Lipinski definition) is 5. The van der Waals surface area contributed by atoms with Crippen LogP contribution in [0, 0.1) is 0 Å². The molecule has 2 aliphatic heterocycles. The van der Waals surface area contributed by atoms with Gasteiger partial charge >= 0.3 is 0 Å². The zero-order chi connectivity index (χ0) is 23.8. The fourth-order valence-electron chi connectivity index (χ4n) is 5.00. The average molecular weight is 464 g/mol. The molecular weight excluding hydrogens is 426 g/mol. The van der Waals surface area contributed by atoms with Gasteiger partial charge < -0.3 is 15.0 Å². The van der Waals surface area contributed by atoms with Crippen LogP contribution in [0.15, 0.2) is 48.5 Å². The molecule has 2 heterocycles. The predicted molar refractivity (Wildman–Crippen MR) is 137 cm³/mol. The number of carbonyl (C=O) groups excluding carboxylic acids is 2. The lowest BCUT2D eigenvalue weighted by Gasteiger charge is -2.40. The molecule has 6 nitrogen and oxygen atoms in total. The molecule has 1 saturated heterocycles. The number of anilines is 2. The van der Waals surface area contributed by atoms with Crippen LogP contribution in [-0.4, -0.2) is 55.4 Å². The number of hydrogen-bond donors (Lipinski definition) is 1. The second-order valence-electron chi connectivity index (χ2n) is 9.37. The van der Waals surface area contributed by atoms with E-state index < -0.39 is 0 Å². The SMILES string of the molecule is CCCCC(CCCCC(=O)c1ccc2c(c1)NC(=O)CO2)N1CCN(c2ccccc2)CC1. The van der Waals surface area contributed by atoms with Crippen LogP contribution in [0.3, 0.4) is 0 Å². The minimum atomic E-state index is -0.181. The molecule has 2 aromatic carbocycles. The fourth-order valence-corrected chi connectivity index (χ4v) is 5.00. The van der Waals surface area contributed by atoms with Crippen molar-refractivity contribution in [2.75, 3.05) is 43.0 Å². The number of nitrogens with one attached hydrogen (secondary N) is 1. The van der Waals surface area contributed by atoms with Gasteiger partial charge in [-0.25, -0.2) is 0 Å². The first-order valence-electron chi connectivity index (χ1n) is 12.8. The van der Waals surface area contributed by atoms with E-state index in [2.05, 4.69) is 52.4 Å². The van der Waals surface area contributed by atoms with Crippen molar-refractivity contribution >= 4 is 23.1 Å². The van der Waals surface area contributed by atoms with E-state index in [1.165, 1.54) is 24.9 Å². The molecular formula is C28H37N3O3. The van der Waals surface area contributed by atoms with Crippen LogP contribution in [0.2, 0.25) is 0 Å². The van der Waals surface area contributed by atoms with Gasteiger partial charge in [-0.15, -0.1) is 0 Å². The lowest BCUT2D eigenvalue weighted by molar-refractivity contribution is -0.118. The average Bonchev–Trinajstić information content (AvgIpc) is 2.88. The van der Waals surface area contributed by atoms with E-state index >= 15 is 0 Å². The largest absolute Gasteiger partial charge is 0.482 e. The first-order valence-corrected chi connectivity index (χ1v) is 12.8. The summed E-state index contributed by atoms with van der Waals surface area (Å²) in [6.45, 7) is 6.64. The number of ether oxygens (including phenoxy) is 1. The Kier molecular flexibility index (Phi) is 8.58. The molecule has 0 aliphatic carbocycles. The Morgan fingerprint density at radius 1 is 1.00 bits per heavy atom. The van der Waals surface area contributed by atoms with Gasteiger partial charge in [0.1, 0.15) is 5.75 Å². The van der Waals surface area contributed by atoms with Gasteiger partial charge in [0.25, 0.3) is 5.91 Å². The highest BCUT2D eigenvalue weighted by Crippen LogP contribution is 2.29. The molecule has 2 aromatic rings. The minimum absolute atomic E-state index is 0.0286. The Morgan fingerprint density at radius 2 is 1.76 bits per heavy atom. The summed E-state index contributed by atoms with van der Waals surface area (Å²) in [5.41, 5.74) is 2.56. The quantitative estimate of drug-likeness (QED) is 0.369. The summed E-state index contributed by atoms with van der Waals surface area (Å²) in [7, 11) is 0. The second kappa shape index (κ2) is 12.0. The van der Waals surface area contributed by atoms with Crippen LogP contribution in [0.5, 0.6) is 5.75 Å². The van der Waals surface area contributed by atoms with Crippen LogP contribution in [-0.2, 0) is 4.79 Å². The summed E-state index contributed by atoms with van der Waals surface area (Å²) >= 11 is 0. The Hall–Kier alpha value is -2.86. The van der Waals surface area contributed by atoms with Crippen molar-refractivity contribution in [3.8, 4) is 5.75 Å². The fraction of sp³-hybridized carbons (Fsp3) is 0.500. The molecule has 34 heavy (non-hydrogen) atoms. The number of ketones is 1. The summed E-state index contributed by atoms with van der Waals surface area (Å²) < 4.78 is 5.39. The number of benzene rings is 2. The molecule has 0 bridgehead atoms. The van der Waals surface area contributed by atoms with Crippen molar-refractivity contribution in [1.29, 1.82) is 0 Å². The number of fused-ring (bicyclic) bond motifs is 1. The number of carbonyl (C=O) groups is 2. The maximum absolute atomic E-state index is 12.7. The van der Waals surface area contributed by atoms with E-state index in [9.17, 15) is 9.59 Å². The topological polar surface area (TPSA) is 61.9 Å². The first-order chi connectivity index (χ1) is 16.6. The lowest BCUT2D eigenvalue weighted by Crippen LogP contribution is -2.50. The summed E-state index contributed by atoms with van der Waals surface area (Å²) in [6.07, 6.45) is 7.35. The number of para-hydroxylation sites is 1. The molecule has 6 heteroatoms. The maximum atomic E-state index is 12.7. The zero-order valence-electron chi connectivity index (χ0n) is 20.3. The van der Waals surface area contributed by atoms with Crippen LogP contribution >= 0.6 is 0 Å². The van der Waals surface area contributed by atoms with Crippen molar-refractivity contribution in [2.45, 2.75) is 57.9 Å². The van der Waals surface area contributed by atoms with Crippen molar-refractivity contribution in [1.82, 2.24) is 4.90 Å². The number of unbranched alkanes of at least 4 members (excludes halogenated alkanes) is 2. The molecule has 1 amide bonds. The first kappa shape index (κ1) is 24.3. The molecule has 1 unspecified atom stereocenters. The predicted octanol–water partition coefficient (Wildman–Crippen LogP) is 5.14.